The van der Waals surface area contributed by atoms with E-state index in [9.17, 15) is 4.79 Å². The molecule has 0 saturated heterocycles. The number of nitrogens with zero attached hydrogens (tertiary/aromatic N) is 1. The van der Waals surface area contributed by atoms with Crippen molar-refractivity contribution < 1.29 is 19.4 Å². The summed E-state index contributed by atoms with van der Waals surface area (Å²) in [6.07, 6.45) is 1.85. The van der Waals surface area contributed by atoms with Crippen LogP contribution >= 0.6 is 0 Å². The van der Waals surface area contributed by atoms with Crippen LogP contribution in [0.4, 0.5) is 5.69 Å². The summed E-state index contributed by atoms with van der Waals surface area (Å²) in [4.78, 5) is 12.9. The Morgan fingerprint density at radius 1 is 1.37 bits per heavy atom. The first kappa shape index (κ1) is 13.5. The van der Waals surface area contributed by atoms with Gasteiger partial charge >= 0.3 is 5.97 Å². The first-order chi connectivity index (χ1) is 9.06. The lowest BCUT2D eigenvalue weighted by Gasteiger charge is -2.35. The molecule has 0 amide bonds. The summed E-state index contributed by atoms with van der Waals surface area (Å²) in [7, 11) is 5.14. The van der Waals surface area contributed by atoms with Crippen LogP contribution in [-0.2, 0) is 11.2 Å². The Hall–Kier alpha value is -1.91. The Labute approximate surface area is 112 Å². The summed E-state index contributed by atoms with van der Waals surface area (Å²) < 4.78 is 10.6. The molecule has 1 aromatic rings. The van der Waals surface area contributed by atoms with Crippen molar-refractivity contribution in [2.45, 2.75) is 25.3 Å². The van der Waals surface area contributed by atoms with E-state index < -0.39 is 5.97 Å². The summed E-state index contributed by atoms with van der Waals surface area (Å²) >= 11 is 0. The molecule has 1 heterocycles. The molecule has 2 rings (SSSR count). The van der Waals surface area contributed by atoms with Crippen LogP contribution in [0.5, 0.6) is 11.5 Å². The average Bonchev–Trinajstić information content (AvgIpc) is 2.40. The molecule has 1 N–H and O–H groups in total. The lowest BCUT2D eigenvalue weighted by Crippen LogP contribution is -2.37. The third-order valence-corrected chi connectivity index (χ3v) is 3.67. The number of rotatable bonds is 4. The average molecular weight is 265 g/mol. The van der Waals surface area contributed by atoms with Gasteiger partial charge < -0.3 is 19.5 Å². The number of hydrogen-bond acceptors (Lipinski definition) is 4. The van der Waals surface area contributed by atoms with Gasteiger partial charge in [-0.3, -0.25) is 4.79 Å². The second-order valence-corrected chi connectivity index (χ2v) is 4.74. The van der Waals surface area contributed by atoms with Crippen molar-refractivity contribution in [2.24, 2.45) is 0 Å². The van der Waals surface area contributed by atoms with E-state index in [2.05, 4.69) is 0 Å². The van der Waals surface area contributed by atoms with Crippen LogP contribution in [0, 0.1) is 0 Å². The van der Waals surface area contributed by atoms with Crippen molar-refractivity contribution in [3.05, 3.63) is 17.7 Å². The van der Waals surface area contributed by atoms with Crippen LogP contribution in [0.1, 0.15) is 18.4 Å². The van der Waals surface area contributed by atoms with Crippen LogP contribution < -0.4 is 14.4 Å². The second-order valence-electron chi connectivity index (χ2n) is 4.74. The minimum absolute atomic E-state index is 0.0306. The second kappa shape index (κ2) is 5.38. The van der Waals surface area contributed by atoms with Gasteiger partial charge in [0.05, 0.1) is 20.6 Å². The number of hydrogen-bond donors (Lipinski definition) is 1. The van der Waals surface area contributed by atoms with E-state index in [0.717, 1.165) is 18.5 Å². The number of benzene rings is 1. The van der Waals surface area contributed by atoms with Gasteiger partial charge in [-0.15, -0.1) is 0 Å². The van der Waals surface area contributed by atoms with E-state index in [0.29, 0.717) is 11.5 Å². The van der Waals surface area contributed by atoms with E-state index in [-0.39, 0.29) is 12.5 Å². The lowest BCUT2D eigenvalue weighted by molar-refractivity contribution is -0.137. The monoisotopic (exact) mass is 265 g/mol. The molecular weight excluding hydrogens is 246 g/mol. The topological polar surface area (TPSA) is 59.0 Å². The van der Waals surface area contributed by atoms with Crippen molar-refractivity contribution in [1.82, 2.24) is 0 Å². The summed E-state index contributed by atoms with van der Waals surface area (Å²) in [6, 6.07) is 3.92. The molecule has 0 fully saturated rings. The smallest absolute Gasteiger partial charge is 0.305 e. The Morgan fingerprint density at radius 3 is 2.58 bits per heavy atom. The number of anilines is 1. The minimum Gasteiger partial charge on any atom is -0.493 e. The molecule has 19 heavy (non-hydrogen) atoms. The molecule has 5 nitrogen and oxygen atoms in total. The van der Waals surface area contributed by atoms with Crippen LogP contribution in [-0.4, -0.2) is 38.4 Å². The first-order valence-corrected chi connectivity index (χ1v) is 6.26. The maximum Gasteiger partial charge on any atom is 0.305 e. The number of fused-ring (bicyclic) bond motifs is 1. The highest BCUT2D eigenvalue weighted by molar-refractivity contribution is 5.70. The Morgan fingerprint density at radius 2 is 2.00 bits per heavy atom. The van der Waals surface area contributed by atoms with Crippen molar-refractivity contribution >= 4 is 11.7 Å². The molecule has 1 aromatic carbocycles. The number of carboxylic acid groups (broad SMARTS) is 1. The van der Waals surface area contributed by atoms with Crippen molar-refractivity contribution in [1.29, 1.82) is 0 Å². The molecule has 0 saturated carbocycles. The van der Waals surface area contributed by atoms with Gasteiger partial charge in [-0.05, 0) is 24.5 Å². The number of carbonyl (C=O) groups is 1. The van der Waals surface area contributed by atoms with E-state index in [1.807, 2.05) is 24.1 Å². The number of methoxy groups -OCH3 is 2. The van der Waals surface area contributed by atoms with E-state index in [1.54, 1.807) is 14.2 Å². The third-order valence-electron chi connectivity index (χ3n) is 3.67. The third kappa shape index (κ3) is 2.59. The van der Waals surface area contributed by atoms with Gasteiger partial charge in [0.15, 0.2) is 11.5 Å². The number of aliphatic carboxylic acids is 1. The SMILES string of the molecule is COc1cc2c(cc1OC)N(C)C(CC(=O)O)CC2. The van der Waals surface area contributed by atoms with Crippen LogP contribution in [0.15, 0.2) is 12.1 Å². The van der Waals surface area contributed by atoms with Gasteiger partial charge in [-0.2, -0.15) is 0 Å². The van der Waals surface area contributed by atoms with Crippen LogP contribution in [0.3, 0.4) is 0 Å². The molecule has 0 aliphatic carbocycles. The molecule has 0 spiro atoms. The fourth-order valence-corrected chi connectivity index (χ4v) is 2.59. The fourth-order valence-electron chi connectivity index (χ4n) is 2.59. The number of aryl methyl sites for hydroxylation is 1. The molecule has 0 aromatic heterocycles. The zero-order valence-electron chi connectivity index (χ0n) is 11.5. The van der Waals surface area contributed by atoms with E-state index in [1.165, 1.54) is 5.56 Å². The maximum absolute atomic E-state index is 10.9. The molecule has 5 heteroatoms. The first-order valence-electron chi connectivity index (χ1n) is 6.26. The quantitative estimate of drug-likeness (QED) is 0.901. The van der Waals surface area contributed by atoms with Crippen LogP contribution in [0.2, 0.25) is 0 Å². The van der Waals surface area contributed by atoms with E-state index >= 15 is 0 Å². The van der Waals surface area contributed by atoms with Gasteiger partial charge in [-0.1, -0.05) is 0 Å². The lowest BCUT2D eigenvalue weighted by atomic mass is 9.94. The van der Waals surface area contributed by atoms with Gasteiger partial charge in [0.1, 0.15) is 0 Å². The predicted octanol–water partition coefficient (Wildman–Crippen LogP) is 1.93. The molecule has 1 aliphatic rings. The Balaban J connectivity index is 2.34. The zero-order chi connectivity index (χ0) is 14.0. The molecule has 1 unspecified atom stereocenters. The summed E-state index contributed by atoms with van der Waals surface area (Å²) in [5.74, 6) is 0.621. The maximum atomic E-state index is 10.9. The van der Waals surface area contributed by atoms with Gasteiger partial charge in [0, 0.05) is 24.8 Å². The molecule has 1 aliphatic heterocycles. The van der Waals surface area contributed by atoms with Crippen molar-refractivity contribution in [3.63, 3.8) is 0 Å². The van der Waals surface area contributed by atoms with E-state index in [4.69, 9.17) is 14.6 Å². The summed E-state index contributed by atoms with van der Waals surface area (Å²) in [5.41, 5.74) is 2.19. The molecule has 0 bridgehead atoms. The Kier molecular flexibility index (Phi) is 3.83. The van der Waals surface area contributed by atoms with Gasteiger partial charge in [0.2, 0.25) is 0 Å². The Bertz CT molecular complexity index is 487. The number of carboxylic acids is 1. The van der Waals surface area contributed by atoms with Crippen LogP contribution in [0.25, 0.3) is 0 Å². The predicted molar refractivity (Wildman–Crippen MR) is 72.3 cm³/mol. The zero-order valence-corrected chi connectivity index (χ0v) is 11.5. The summed E-state index contributed by atoms with van der Waals surface area (Å²) in [5, 5.41) is 8.94. The standard InChI is InChI=1S/C14H19NO4/c1-15-10(7-14(16)17)5-4-9-6-12(18-2)13(19-3)8-11(9)15/h6,8,10H,4-5,7H2,1-3H3,(H,16,17). The molecule has 1 atom stereocenters. The number of ether oxygens (including phenoxy) is 2. The minimum atomic E-state index is -0.763. The normalized spacial score (nSPS) is 17.8. The molecule has 0 radical (unpaired) electrons. The molecular formula is C14H19NO4. The highest BCUT2D eigenvalue weighted by Crippen LogP contribution is 2.39. The van der Waals surface area contributed by atoms with Crippen molar-refractivity contribution in [3.8, 4) is 11.5 Å². The van der Waals surface area contributed by atoms with Gasteiger partial charge in [0.25, 0.3) is 0 Å². The largest absolute Gasteiger partial charge is 0.493 e. The molecule has 104 valence electrons. The highest BCUT2D eigenvalue weighted by Gasteiger charge is 2.26. The fraction of sp³-hybridized carbons (Fsp3) is 0.500. The highest BCUT2D eigenvalue weighted by atomic mass is 16.5. The van der Waals surface area contributed by atoms with Gasteiger partial charge in [-0.25, -0.2) is 0 Å². The summed E-state index contributed by atoms with van der Waals surface area (Å²) in [6.45, 7) is 0. The van der Waals surface area contributed by atoms with Crippen molar-refractivity contribution in [2.75, 3.05) is 26.2 Å².